The minimum absolute atomic E-state index is 0.667. The van der Waals surface area contributed by atoms with E-state index in [1.807, 2.05) is 26.8 Å². The third kappa shape index (κ3) is 4.43. The van der Waals surface area contributed by atoms with Crippen molar-refractivity contribution >= 4 is 0 Å². The van der Waals surface area contributed by atoms with Gasteiger partial charge in [0.15, 0.2) is 0 Å². The van der Waals surface area contributed by atoms with Gasteiger partial charge in [0.2, 0.25) is 0 Å². The molecule has 1 nitrogen and oxygen atoms in total. The van der Waals surface area contributed by atoms with Gasteiger partial charge in [-0.3, -0.25) is 0 Å². The van der Waals surface area contributed by atoms with Crippen LogP contribution in [-0.4, -0.2) is 6.61 Å². The molecule has 0 heterocycles. The molecule has 0 radical (unpaired) electrons. The van der Waals surface area contributed by atoms with E-state index >= 15 is 0 Å². The monoisotopic (exact) mass is 152 g/mol. The van der Waals surface area contributed by atoms with Crippen molar-refractivity contribution in [1.29, 1.82) is 0 Å². The predicted molar refractivity (Wildman–Crippen MR) is 49.3 cm³/mol. The summed E-state index contributed by atoms with van der Waals surface area (Å²) in [6, 6.07) is 0. The van der Waals surface area contributed by atoms with E-state index in [0.29, 0.717) is 6.61 Å². The van der Waals surface area contributed by atoms with Crippen LogP contribution in [0.4, 0.5) is 0 Å². The Morgan fingerprint density at radius 1 is 1.36 bits per heavy atom. The fourth-order valence-electron chi connectivity index (χ4n) is 0.738. The Morgan fingerprint density at radius 3 is 2.27 bits per heavy atom. The van der Waals surface area contributed by atoms with Crippen LogP contribution in [-0.2, 0) is 4.74 Å². The molecule has 0 rings (SSSR count). The second kappa shape index (κ2) is 4.78. The topological polar surface area (TPSA) is 9.23 Å². The van der Waals surface area contributed by atoms with Gasteiger partial charge >= 0.3 is 0 Å². The third-order valence-corrected chi connectivity index (χ3v) is 1.22. The van der Waals surface area contributed by atoms with Crippen molar-refractivity contribution in [2.24, 2.45) is 0 Å². The highest BCUT2D eigenvalue weighted by atomic mass is 16.5. The summed E-state index contributed by atoms with van der Waals surface area (Å²) >= 11 is 0. The Bertz CT molecular complexity index is 187. The molecular weight excluding hydrogens is 136 g/mol. The molecular formula is C10H16O. The maximum Gasteiger partial charge on any atom is 0.115 e. The van der Waals surface area contributed by atoms with Gasteiger partial charge in [-0.25, -0.2) is 0 Å². The molecule has 11 heavy (non-hydrogen) atoms. The first-order chi connectivity index (χ1) is 5.07. The lowest BCUT2D eigenvalue weighted by Gasteiger charge is -2.06. The van der Waals surface area contributed by atoms with Crippen LogP contribution in [0.5, 0.6) is 0 Å². The average molecular weight is 152 g/mol. The lowest BCUT2D eigenvalue weighted by atomic mass is 10.2. The van der Waals surface area contributed by atoms with Gasteiger partial charge in [0.05, 0.1) is 6.61 Å². The summed E-state index contributed by atoms with van der Waals surface area (Å²) in [6.45, 7) is 14.1. The van der Waals surface area contributed by atoms with Gasteiger partial charge in [-0.05, 0) is 26.3 Å². The zero-order valence-electron chi connectivity index (χ0n) is 7.61. The molecule has 0 saturated carbocycles. The third-order valence-electron chi connectivity index (χ3n) is 1.22. The van der Waals surface area contributed by atoms with Gasteiger partial charge < -0.3 is 4.74 Å². The standard InChI is InChI=1S/C10H16O/c1-6-11-10(5)9(4)7-8(2)3/h7H,2,5-6H2,1,3-4H3/b9-7-. The Morgan fingerprint density at radius 2 is 1.91 bits per heavy atom. The molecule has 0 bridgehead atoms. The smallest absolute Gasteiger partial charge is 0.115 e. The highest BCUT2D eigenvalue weighted by molar-refractivity contribution is 5.28. The summed E-state index contributed by atoms with van der Waals surface area (Å²) in [5, 5.41) is 0. The Labute approximate surface area is 69.1 Å². The molecule has 0 atom stereocenters. The van der Waals surface area contributed by atoms with E-state index in [4.69, 9.17) is 4.74 Å². The van der Waals surface area contributed by atoms with Gasteiger partial charge in [0, 0.05) is 0 Å². The second-order valence-corrected chi connectivity index (χ2v) is 2.53. The second-order valence-electron chi connectivity index (χ2n) is 2.53. The lowest BCUT2D eigenvalue weighted by molar-refractivity contribution is 0.239. The van der Waals surface area contributed by atoms with Crippen molar-refractivity contribution in [2.45, 2.75) is 20.8 Å². The fourth-order valence-corrected chi connectivity index (χ4v) is 0.738. The van der Waals surface area contributed by atoms with Crippen molar-refractivity contribution in [3.8, 4) is 0 Å². The van der Waals surface area contributed by atoms with Crippen molar-refractivity contribution in [1.82, 2.24) is 0 Å². The van der Waals surface area contributed by atoms with E-state index in [0.717, 1.165) is 16.9 Å². The first-order valence-corrected chi connectivity index (χ1v) is 3.73. The van der Waals surface area contributed by atoms with E-state index < -0.39 is 0 Å². The maximum absolute atomic E-state index is 5.20. The lowest BCUT2D eigenvalue weighted by Crippen LogP contribution is -1.91. The summed E-state index contributed by atoms with van der Waals surface area (Å²) in [7, 11) is 0. The van der Waals surface area contributed by atoms with Crippen LogP contribution in [0.15, 0.2) is 36.1 Å². The molecule has 0 aromatic heterocycles. The van der Waals surface area contributed by atoms with Crippen LogP contribution < -0.4 is 0 Å². The molecule has 0 aromatic carbocycles. The average Bonchev–Trinajstić information content (AvgIpc) is 1.86. The largest absolute Gasteiger partial charge is 0.494 e. The van der Waals surface area contributed by atoms with Crippen LogP contribution in [0.2, 0.25) is 0 Å². The van der Waals surface area contributed by atoms with Gasteiger partial charge in [0.25, 0.3) is 0 Å². The van der Waals surface area contributed by atoms with E-state index in [9.17, 15) is 0 Å². The van der Waals surface area contributed by atoms with Gasteiger partial charge in [-0.1, -0.05) is 24.8 Å². The molecule has 0 N–H and O–H groups in total. The maximum atomic E-state index is 5.20. The number of rotatable bonds is 4. The van der Waals surface area contributed by atoms with Gasteiger partial charge in [-0.2, -0.15) is 0 Å². The van der Waals surface area contributed by atoms with E-state index in [-0.39, 0.29) is 0 Å². The predicted octanol–water partition coefficient (Wildman–Crippen LogP) is 3.06. The van der Waals surface area contributed by atoms with Gasteiger partial charge in [0.1, 0.15) is 5.76 Å². The highest BCUT2D eigenvalue weighted by Crippen LogP contribution is 2.09. The number of hydrogen-bond donors (Lipinski definition) is 0. The Hall–Kier alpha value is -0.980. The van der Waals surface area contributed by atoms with Crippen LogP contribution >= 0.6 is 0 Å². The zero-order chi connectivity index (χ0) is 8.85. The quantitative estimate of drug-likeness (QED) is 0.444. The summed E-state index contributed by atoms with van der Waals surface area (Å²) in [6.07, 6.45) is 1.96. The summed E-state index contributed by atoms with van der Waals surface area (Å²) in [5.41, 5.74) is 2.06. The molecule has 0 aromatic rings. The SMILES string of the molecule is C=C(C)/C=C(/C)C(=C)OCC. The Balaban J connectivity index is 4.12. The van der Waals surface area contributed by atoms with Crippen LogP contribution in [0.1, 0.15) is 20.8 Å². The first-order valence-electron chi connectivity index (χ1n) is 3.73. The van der Waals surface area contributed by atoms with Crippen LogP contribution in [0.25, 0.3) is 0 Å². The highest BCUT2D eigenvalue weighted by Gasteiger charge is 1.94. The van der Waals surface area contributed by atoms with Crippen LogP contribution in [0.3, 0.4) is 0 Å². The molecule has 0 aliphatic rings. The van der Waals surface area contributed by atoms with Crippen molar-refractivity contribution in [2.75, 3.05) is 6.61 Å². The fraction of sp³-hybridized carbons (Fsp3) is 0.400. The number of ether oxygens (including phenoxy) is 1. The molecule has 0 spiro atoms. The zero-order valence-corrected chi connectivity index (χ0v) is 7.61. The van der Waals surface area contributed by atoms with E-state index in [1.165, 1.54) is 0 Å². The summed E-state index contributed by atoms with van der Waals surface area (Å²) < 4.78 is 5.20. The molecule has 0 saturated heterocycles. The molecule has 0 fully saturated rings. The van der Waals surface area contributed by atoms with Crippen molar-refractivity contribution in [3.63, 3.8) is 0 Å². The molecule has 1 heteroatoms. The number of hydrogen-bond acceptors (Lipinski definition) is 1. The van der Waals surface area contributed by atoms with E-state index in [1.54, 1.807) is 0 Å². The normalized spacial score (nSPS) is 11.0. The summed E-state index contributed by atoms with van der Waals surface area (Å²) in [4.78, 5) is 0. The molecule has 0 aliphatic carbocycles. The van der Waals surface area contributed by atoms with Crippen molar-refractivity contribution < 1.29 is 4.74 Å². The summed E-state index contributed by atoms with van der Waals surface area (Å²) in [5.74, 6) is 0.732. The van der Waals surface area contributed by atoms with E-state index in [2.05, 4.69) is 13.2 Å². The Kier molecular flexibility index (Phi) is 4.35. The number of allylic oxidation sites excluding steroid dienone is 3. The van der Waals surface area contributed by atoms with Gasteiger partial charge in [-0.15, -0.1) is 0 Å². The molecule has 62 valence electrons. The minimum atomic E-state index is 0.667. The minimum Gasteiger partial charge on any atom is -0.494 e. The van der Waals surface area contributed by atoms with Crippen LogP contribution in [0, 0.1) is 0 Å². The van der Waals surface area contributed by atoms with Crippen molar-refractivity contribution in [3.05, 3.63) is 36.1 Å². The molecule has 0 aliphatic heterocycles. The molecule has 0 unspecified atom stereocenters. The first kappa shape index (κ1) is 10.0. The molecule has 0 amide bonds.